The zero-order valence-electron chi connectivity index (χ0n) is 14.5. The summed E-state index contributed by atoms with van der Waals surface area (Å²) in [5, 5.41) is 0. The van der Waals surface area contributed by atoms with Crippen molar-refractivity contribution >= 4 is 17.9 Å². The molecule has 1 unspecified atom stereocenters. The Kier molecular flexibility index (Phi) is 5.49. The fourth-order valence-corrected chi connectivity index (χ4v) is 3.46. The van der Waals surface area contributed by atoms with Crippen LogP contribution in [0.5, 0.6) is 0 Å². The van der Waals surface area contributed by atoms with Crippen LogP contribution >= 0.6 is 0 Å². The van der Waals surface area contributed by atoms with E-state index in [-0.39, 0.29) is 12.4 Å². The summed E-state index contributed by atoms with van der Waals surface area (Å²) in [6.45, 7) is 2.10. The highest BCUT2D eigenvalue weighted by Crippen LogP contribution is 2.36. The highest BCUT2D eigenvalue weighted by molar-refractivity contribution is 5.84. The maximum atomic E-state index is 12.1. The van der Waals surface area contributed by atoms with Gasteiger partial charge in [0.2, 0.25) is 0 Å². The van der Waals surface area contributed by atoms with Gasteiger partial charge in [-0.25, -0.2) is 0 Å². The van der Waals surface area contributed by atoms with Crippen molar-refractivity contribution in [3.8, 4) is 11.1 Å². The van der Waals surface area contributed by atoms with E-state index in [1.54, 1.807) is 0 Å². The number of ether oxygens (including phenoxy) is 1. The number of anilines is 1. The van der Waals surface area contributed by atoms with Crippen molar-refractivity contribution in [2.45, 2.75) is 25.2 Å². The monoisotopic (exact) mass is 337 g/mol. The Balaban J connectivity index is 2.07. The predicted octanol–water partition coefficient (Wildman–Crippen LogP) is 3.80. The van der Waals surface area contributed by atoms with Gasteiger partial charge in [0.1, 0.15) is 6.29 Å². The first-order valence-corrected chi connectivity index (χ1v) is 8.70. The normalized spacial score (nSPS) is 15.0. The van der Waals surface area contributed by atoms with Gasteiger partial charge >= 0.3 is 5.97 Å². The van der Waals surface area contributed by atoms with Gasteiger partial charge < -0.3 is 14.4 Å². The van der Waals surface area contributed by atoms with Gasteiger partial charge in [0.25, 0.3) is 0 Å². The van der Waals surface area contributed by atoms with Gasteiger partial charge in [-0.05, 0) is 36.1 Å². The Morgan fingerprint density at radius 3 is 2.52 bits per heavy atom. The van der Waals surface area contributed by atoms with Crippen LogP contribution in [0.1, 0.15) is 30.7 Å². The zero-order chi connectivity index (χ0) is 17.6. The largest absolute Gasteiger partial charge is 0.469 e. The Morgan fingerprint density at radius 2 is 1.88 bits per heavy atom. The van der Waals surface area contributed by atoms with Crippen LogP contribution in [-0.4, -0.2) is 32.5 Å². The number of aldehydes is 1. The van der Waals surface area contributed by atoms with E-state index in [1.807, 2.05) is 30.3 Å². The molecule has 0 spiro atoms. The lowest BCUT2D eigenvalue weighted by Crippen LogP contribution is -2.19. The first-order valence-electron chi connectivity index (χ1n) is 8.70. The third kappa shape index (κ3) is 3.73. The van der Waals surface area contributed by atoms with Crippen molar-refractivity contribution in [2.24, 2.45) is 0 Å². The van der Waals surface area contributed by atoms with Crippen LogP contribution < -0.4 is 4.90 Å². The summed E-state index contributed by atoms with van der Waals surface area (Å²) >= 11 is 0. The number of esters is 1. The van der Waals surface area contributed by atoms with Crippen LogP contribution in [0, 0.1) is 0 Å². The average Bonchev–Trinajstić information content (AvgIpc) is 3.20. The van der Waals surface area contributed by atoms with Crippen LogP contribution in [-0.2, 0) is 14.3 Å². The molecule has 4 heteroatoms. The summed E-state index contributed by atoms with van der Waals surface area (Å²) < 4.78 is 4.89. The van der Waals surface area contributed by atoms with Crippen LogP contribution in [0.2, 0.25) is 0 Å². The van der Waals surface area contributed by atoms with Crippen LogP contribution in [0.15, 0.2) is 48.5 Å². The summed E-state index contributed by atoms with van der Waals surface area (Å²) in [4.78, 5) is 25.5. The van der Waals surface area contributed by atoms with Crippen LogP contribution in [0.3, 0.4) is 0 Å². The van der Waals surface area contributed by atoms with Crippen molar-refractivity contribution in [3.63, 3.8) is 0 Å². The standard InChI is InChI=1S/C21H23NO3/c1-25-21(24)18(11-14-23)17-9-10-20(22-12-5-6-13-22)19(15-17)16-7-3-2-4-8-16/h2-4,7-10,14-15,18H,5-6,11-13H2,1H3. The second kappa shape index (κ2) is 7.97. The lowest BCUT2D eigenvalue weighted by atomic mass is 9.91. The smallest absolute Gasteiger partial charge is 0.313 e. The molecule has 2 aromatic carbocycles. The first kappa shape index (κ1) is 17.2. The molecule has 0 radical (unpaired) electrons. The Morgan fingerprint density at radius 1 is 1.16 bits per heavy atom. The van der Waals surface area contributed by atoms with E-state index < -0.39 is 5.92 Å². The van der Waals surface area contributed by atoms with E-state index in [4.69, 9.17) is 4.74 Å². The van der Waals surface area contributed by atoms with Gasteiger partial charge in [0.05, 0.1) is 13.0 Å². The maximum Gasteiger partial charge on any atom is 0.313 e. The molecule has 1 saturated heterocycles. The molecule has 130 valence electrons. The molecule has 1 aliphatic rings. The van der Waals surface area contributed by atoms with E-state index in [0.29, 0.717) is 0 Å². The van der Waals surface area contributed by atoms with Gasteiger partial charge in [-0.1, -0.05) is 36.4 Å². The van der Waals surface area contributed by atoms with E-state index in [0.717, 1.165) is 36.1 Å². The highest BCUT2D eigenvalue weighted by atomic mass is 16.5. The molecular formula is C21H23NO3. The molecule has 1 aliphatic heterocycles. The SMILES string of the molecule is COC(=O)C(CC=O)c1ccc(N2CCCC2)c(-c2ccccc2)c1. The van der Waals surface area contributed by atoms with Crippen molar-refractivity contribution in [1.82, 2.24) is 0 Å². The van der Waals surface area contributed by atoms with Crippen LogP contribution in [0.4, 0.5) is 5.69 Å². The summed E-state index contributed by atoms with van der Waals surface area (Å²) in [5.74, 6) is -0.933. The minimum Gasteiger partial charge on any atom is -0.469 e. The molecule has 0 amide bonds. The summed E-state index contributed by atoms with van der Waals surface area (Å²) in [5.41, 5.74) is 4.21. The predicted molar refractivity (Wildman–Crippen MR) is 98.8 cm³/mol. The fraction of sp³-hybridized carbons (Fsp3) is 0.333. The lowest BCUT2D eigenvalue weighted by molar-refractivity contribution is -0.143. The quantitative estimate of drug-likeness (QED) is 0.594. The van der Waals surface area contributed by atoms with Gasteiger partial charge in [0.15, 0.2) is 0 Å². The van der Waals surface area contributed by atoms with Crippen LogP contribution in [0.25, 0.3) is 11.1 Å². The number of rotatable bonds is 6. The van der Waals surface area contributed by atoms with Gasteiger partial charge in [-0.15, -0.1) is 0 Å². The minimum atomic E-state index is -0.558. The number of benzene rings is 2. The maximum absolute atomic E-state index is 12.1. The Hall–Kier alpha value is -2.62. The first-order chi connectivity index (χ1) is 12.2. The molecule has 1 fully saturated rings. The number of carbonyl (C=O) groups is 2. The molecule has 2 aromatic rings. The molecule has 1 atom stereocenters. The Bertz CT molecular complexity index is 736. The highest BCUT2D eigenvalue weighted by Gasteiger charge is 2.24. The molecule has 0 aliphatic carbocycles. The average molecular weight is 337 g/mol. The minimum absolute atomic E-state index is 0.129. The third-order valence-corrected chi connectivity index (χ3v) is 4.77. The summed E-state index contributed by atoms with van der Waals surface area (Å²) in [6, 6.07) is 16.2. The number of hydrogen-bond donors (Lipinski definition) is 0. The van der Waals surface area contributed by atoms with Crippen molar-refractivity contribution in [3.05, 3.63) is 54.1 Å². The topological polar surface area (TPSA) is 46.6 Å². The molecule has 3 rings (SSSR count). The Labute approximate surface area is 148 Å². The third-order valence-electron chi connectivity index (χ3n) is 4.77. The summed E-state index contributed by atoms with van der Waals surface area (Å²) in [6.07, 6.45) is 3.31. The van der Waals surface area contributed by atoms with E-state index in [9.17, 15) is 9.59 Å². The molecule has 25 heavy (non-hydrogen) atoms. The molecule has 1 heterocycles. The number of nitrogens with zero attached hydrogens (tertiary/aromatic N) is 1. The molecule has 0 N–H and O–H groups in total. The fourth-order valence-electron chi connectivity index (χ4n) is 3.46. The molecule has 0 aromatic heterocycles. The second-order valence-corrected chi connectivity index (χ2v) is 6.31. The van der Waals surface area contributed by atoms with Crippen molar-refractivity contribution in [2.75, 3.05) is 25.1 Å². The van der Waals surface area contributed by atoms with E-state index in [1.165, 1.54) is 25.6 Å². The molecule has 0 saturated carbocycles. The van der Waals surface area contributed by atoms with Crippen molar-refractivity contribution in [1.29, 1.82) is 0 Å². The molecular weight excluding hydrogens is 314 g/mol. The second-order valence-electron chi connectivity index (χ2n) is 6.31. The lowest BCUT2D eigenvalue weighted by Gasteiger charge is -2.23. The van der Waals surface area contributed by atoms with Gasteiger partial charge in [-0.2, -0.15) is 0 Å². The zero-order valence-corrected chi connectivity index (χ0v) is 14.5. The van der Waals surface area contributed by atoms with Gasteiger partial charge in [-0.3, -0.25) is 4.79 Å². The van der Waals surface area contributed by atoms with Crippen molar-refractivity contribution < 1.29 is 14.3 Å². The van der Waals surface area contributed by atoms with Gasteiger partial charge in [0, 0.05) is 30.8 Å². The van der Waals surface area contributed by atoms with E-state index in [2.05, 4.69) is 23.1 Å². The number of carbonyl (C=O) groups excluding carboxylic acids is 2. The summed E-state index contributed by atoms with van der Waals surface area (Å²) in [7, 11) is 1.36. The number of hydrogen-bond acceptors (Lipinski definition) is 4. The van der Waals surface area contributed by atoms with E-state index >= 15 is 0 Å². The molecule has 4 nitrogen and oxygen atoms in total. The molecule has 0 bridgehead atoms. The number of methoxy groups -OCH3 is 1.